The first-order valence-corrected chi connectivity index (χ1v) is 9.38. The fraction of sp³-hybridized carbons (Fsp3) is 0.222. The van der Waals surface area contributed by atoms with Gasteiger partial charge in [0.15, 0.2) is 10.3 Å². The number of anilines is 2. The van der Waals surface area contributed by atoms with Gasteiger partial charge < -0.3 is 10.1 Å². The van der Waals surface area contributed by atoms with Crippen molar-refractivity contribution in [2.75, 3.05) is 12.4 Å². The van der Waals surface area contributed by atoms with Gasteiger partial charge in [0.1, 0.15) is 11.3 Å². The van der Waals surface area contributed by atoms with E-state index in [1.54, 1.807) is 29.8 Å². The van der Waals surface area contributed by atoms with Gasteiger partial charge in [0, 0.05) is 0 Å². The summed E-state index contributed by atoms with van der Waals surface area (Å²) in [5.74, 6) is 1.31. The second-order valence-corrected chi connectivity index (χ2v) is 7.91. The molecule has 0 aliphatic carbocycles. The number of fused-ring (bicyclic) bond motifs is 2. The Labute approximate surface area is 148 Å². The molecule has 0 fully saturated rings. The highest BCUT2D eigenvalue weighted by atomic mass is 32.1. The molecule has 0 bridgehead atoms. The van der Waals surface area contributed by atoms with Gasteiger partial charge in [0.25, 0.3) is 0 Å². The first-order chi connectivity index (χ1) is 11.6. The predicted molar refractivity (Wildman–Crippen MR) is 103 cm³/mol. The zero-order valence-corrected chi connectivity index (χ0v) is 15.3. The van der Waals surface area contributed by atoms with Gasteiger partial charge in [-0.05, 0) is 35.7 Å². The van der Waals surface area contributed by atoms with Crippen LogP contribution in [0.1, 0.15) is 25.3 Å². The van der Waals surface area contributed by atoms with Crippen LogP contribution in [0.4, 0.5) is 10.3 Å². The molecule has 4 nitrogen and oxygen atoms in total. The summed E-state index contributed by atoms with van der Waals surface area (Å²) >= 11 is 3.26. The Morgan fingerprint density at radius 1 is 1.00 bits per heavy atom. The van der Waals surface area contributed by atoms with Crippen LogP contribution in [0.15, 0.2) is 36.4 Å². The number of ether oxygens (including phenoxy) is 1. The van der Waals surface area contributed by atoms with E-state index in [0.717, 1.165) is 31.7 Å². The monoisotopic (exact) mass is 355 g/mol. The van der Waals surface area contributed by atoms with Gasteiger partial charge in [-0.3, -0.25) is 0 Å². The predicted octanol–water partition coefficient (Wildman–Crippen LogP) is 5.78. The minimum Gasteiger partial charge on any atom is -0.494 e. The summed E-state index contributed by atoms with van der Waals surface area (Å²) in [5.41, 5.74) is 3.24. The Hall–Kier alpha value is -2.18. The summed E-state index contributed by atoms with van der Waals surface area (Å²) in [7, 11) is 1.67. The first kappa shape index (κ1) is 15.4. The van der Waals surface area contributed by atoms with Crippen molar-refractivity contribution in [3.63, 3.8) is 0 Å². The molecule has 122 valence electrons. The van der Waals surface area contributed by atoms with E-state index < -0.39 is 0 Å². The number of para-hydroxylation sites is 1. The third-order valence-corrected chi connectivity index (χ3v) is 5.76. The second-order valence-electron chi connectivity index (χ2n) is 5.85. The van der Waals surface area contributed by atoms with E-state index in [1.165, 1.54) is 10.3 Å². The molecule has 6 heteroatoms. The van der Waals surface area contributed by atoms with Crippen molar-refractivity contribution in [2.45, 2.75) is 19.8 Å². The second kappa shape index (κ2) is 6.03. The van der Waals surface area contributed by atoms with Crippen molar-refractivity contribution in [3.05, 3.63) is 42.0 Å². The van der Waals surface area contributed by atoms with E-state index in [9.17, 15) is 0 Å². The maximum Gasteiger partial charge on any atom is 0.190 e. The third kappa shape index (κ3) is 2.72. The number of nitrogens with zero attached hydrogens (tertiary/aromatic N) is 2. The number of rotatable bonds is 4. The Bertz CT molecular complexity index is 1020. The van der Waals surface area contributed by atoms with Crippen LogP contribution in [-0.2, 0) is 0 Å². The van der Waals surface area contributed by atoms with Crippen molar-refractivity contribution in [3.8, 4) is 5.75 Å². The van der Waals surface area contributed by atoms with Crippen LogP contribution in [0.25, 0.3) is 20.4 Å². The molecule has 1 N–H and O–H groups in total. The molecule has 24 heavy (non-hydrogen) atoms. The number of benzene rings is 2. The van der Waals surface area contributed by atoms with Crippen LogP contribution >= 0.6 is 22.7 Å². The lowest BCUT2D eigenvalue weighted by atomic mass is 10.0. The van der Waals surface area contributed by atoms with Crippen LogP contribution in [0.5, 0.6) is 5.75 Å². The summed E-state index contributed by atoms with van der Waals surface area (Å²) in [6.45, 7) is 4.41. The normalized spacial score (nSPS) is 11.5. The van der Waals surface area contributed by atoms with Gasteiger partial charge in [-0.25, -0.2) is 9.97 Å². The fourth-order valence-corrected chi connectivity index (χ4v) is 4.45. The number of methoxy groups -OCH3 is 1. The average Bonchev–Trinajstić information content (AvgIpc) is 3.16. The highest BCUT2D eigenvalue weighted by Crippen LogP contribution is 2.35. The third-order valence-electron chi connectivity index (χ3n) is 3.89. The zero-order chi connectivity index (χ0) is 16.7. The maximum atomic E-state index is 5.38. The summed E-state index contributed by atoms with van der Waals surface area (Å²) in [5, 5.41) is 5.04. The van der Waals surface area contributed by atoms with Crippen LogP contribution in [0.3, 0.4) is 0 Å². The van der Waals surface area contributed by atoms with E-state index in [4.69, 9.17) is 4.74 Å². The van der Waals surface area contributed by atoms with E-state index in [0.29, 0.717) is 5.92 Å². The molecule has 0 spiro atoms. The lowest BCUT2D eigenvalue weighted by Crippen LogP contribution is -1.88. The SMILES string of the molecule is COc1cccc2sc(Nc3nc4ccc(C(C)C)cc4s3)nc12. The molecule has 2 aromatic carbocycles. The zero-order valence-electron chi connectivity index (χ0n) is 13.7. The van der Waals surface area contributed by atoms with Crippen LogP contribution < -0.4 is 10.1 Å². The molecule has 0 atom stereocenters. The van der Waals surface area contributed by atoms with Gasteiger partial charge in [-0.2, -0.15) is 0 Å². The molecule has 4 aromatic rings. The van der Waals surface area contributed by atoms with Crippen molar-refractivity contribution in [1.29, 1.82) is 0 Å². The molecule has 0 saturated carbocycles. The fourth-order valence-electron chi connectivity index (χ4n) is 2.59. The molecular weight excluding hydrogens is 338 g/mol. The molecule has 0 saturated heterocycles. The molecule has 0 unspecified atom stereocenters. The summed E-state index contributed by atoms with van der Waals surface area (Å²) in [4.78, 5) is 9.31. The molecule has 2 heterocycles. The topological polar surface area (TPSA) is 47.0 Å². The van der Waals surface area contributed by atoms with Crippen molar-refractivity contribution >= 4 is 53.4 Å². The highest BCUT2D eigenvalue weighted by molar-refractivity contribution is 7.24. The quantitative estimate of drug-likeness (QED) is 0.504. The highest BCUT2D eigenvalue weighted by Gasteiger charge is 2.11. The largest absolute Gasteiger partial charge is 0.494 e. The van der Waals surface area contributed by atoms with Crippen molar-refractivity contribution < 1.29 is 4.74 Å². The number of hydrogen-bond donors (Lipinski definition) is 1. The lowest BCUT2D eigenvalue weighted by molar-refractivity contribution is 0.419. The first-order valence-electron chi connectivity index (χ1n) is 7.75. The Morgan fingerprint density at radius 2 is 1.79 bits per heavy atom. The molecular formula is C18H17N3OS2. The summed E-state index contributed by atoms with van der Waals surface area (Å²) in [6.07, 6.45) is 0. The Kier molecular flexibility index (Phi) is 3.86. The van der Waals surface area contributed by atoms with E-state index >= 15 is 0 Å². The number of nitrogens with one attached hydrogen (secondary N) is 1. The number of aromatic nitrogens is 2. The smallest absolute Gasteiger partial charge is 0.190 e. The standard InChI is InChI=1S/C18H17N3OS2/c1-10(2)11-7-8-12-15(9-11)24-17(19-12)21-18-20-16-13(22-3)5-4-6-14(16)23-18/h4-10H,1-3H3,(H,19,20,21). The Balaban J connectivity index is 1.68. The molecule has 0 aliphatic rings. The Morgan fingerprint density at radius 3 is 2.58 bits per heavy atom. The summed E-state index contributed by atoms with van der Waals surface area (Å²) < 4.78 is 7.67. The summed E-state index contributed by atoms with van der Waals surface area (Å²) in [6, 6.07) is 12.4. The van der Waals surface area contributed by atoms with Crippen LogP contribution in [0, 0.1) is 0 Å². The van der Waals surface area contributed by atoms with Gasteiger partial charge in [-0.1, -0.05) is 48.7 Å². The van der Waals surface area contributed by atoms with E-state index in [-0.39, 0.29) is 0 Å². The van der Waals surface area contributed by atoms with Crippen molar-refractivity contribution in [2.24, 2.45) is 0 Å². The molecule has 2 aromatic heterocycles. The molecule has 0 radical (unpaired) electrons. The lowest BCUT2D eigenvalue weighted by Gasteiger charge is -2.03. The minimum absolute atomic E-state index is 0.518. The molecule has 0 aliphatic heterocycles. The number of thiazole rings is 2. The van der Waals surface area contributed by atoms with Gasteiger partial charge in [0.2, 0.25) is 0 Å². The van der Waals surface area contributed by atoms with Gasteiger partial charge in [0.05, 0.1) is 22.0 Å². The van der Waals surface area contributed by atoms with E-state index in [2.05, 4.69) is 47.3 Å². The van der Waals surface area contributed by atoms with Crippen molar-refractivity contribution in [1.82, 2.24) is 9.97 Å². The minimum atomic E-state index is 0.518. The maximum absolute atomic E-state index is 5.38. The van der Waals surface area contributed by atoms with Crippen LogP contribution in [0.2, 0.25) is 0 Å². The average molecular weight is 355 g/mol. The van der Waals surface area contributed by atoms with Gasteiger partial charge >= 0.3 is 0 Å². The number of hydrogen-bond acceptors (Lipinski definition) is 6. The van der Waals surface area contributed by atoms with Gasteiger partial charge in [-0.15, -0.1) is 0 Å². The van der Waals surface area contributed by atoms with E-state index in [1.807, 2.05) is 18.2 Å². The van der Waals surface area contributed by atoms with Crippen LogP contribution in [-0.4, -0.2) is 17.1 Å². The molecule has 0 amide bonds. The molecule has 4 rings (SSSR count).